The highest BCUT2D eigenvalue weighted by Crippen LogP contribution is 2.63. The number of halogens is 3. The molecule has 0 radical (unpaired) electrons. The molecule has 1 saturated carbocycles. The Hall–Kier alpha value is -5.50. The molecule has 3 fully saturated rings. The van der Waals surface area contributed by atoms with E-state index in [0.717, 1.165) is 45.1 Å². The lowest BCUT2D eigenvalue weighted by atomic mass is 9.71. The van der Waals surface area contributed by atoms with Gasteiger partial charge in [0, 0.05) is 41.2 Å². The number of ether oxygens (including phenoxy) is 1. The molecule has 10 nitrogen and oxygen atoms in total. The van der Waals surface area contributed by atoms with Crippen molar-refractivity contribution in [3.05, 3.63) is 111 Å². The molecule has 5 aliphatic rings. The van der Waals surface area contributed by atoms with Gasteiger partial charge in [-0.05, 0) is 72.9 Å². The number of aromatic nitrogens is 5. The van der Waals surface area contributed by atoms with Gasteiger partial charge in [0.05, 0.1) is 45.4 Å². The number of benzene rings is 2. The molecule has 14 heteroatoms. The van der Waals surface area contributed by atoms with Gasteiger partial charge in [-0.1, -0.05) is 12.1 Å². The Labute approximate surface area is 291 Å². The molecule has 256 valence electrons. The predicted octanol–water partition coefficient (Wildman–Crippen LogP) is 6.65. The zero-order valence-corrected chi connectivity index (χ0v) is 27.7. The summed E-state index contributed by atoms with van der Waals surface area (Å²) in [6, 6.07) is 11.8. The first kappa shape index (κ1) is 30.3. The van der Waals surface area contributed by atoms with Crippen molar-refractivity contribution in [1.29, 1.82) is 0 Å². The van der Waals surface area contributed by atoms with Gasteiger partial charge in [0.15, 0.2) is 17.4 Å². The van der Waals surface area contributed by atoms with E-state index in [0.29, 0.717) is 65.5 Å². The average molecular weight is 708 g/mol. The number of aryl methyl sites for hydroxylation is 2. The van der Waals surface area contributed by atoms with Crippen molar-refractivity contribution in [3.8, 4) is 27.6 Å². The number of amides is 1. The summed E-state index contributed by atoms with van der Waals surface area (Å²) in [4.78, 5) is 42.3. The van der Waals surface area contributed by atoms with Crippen molar-refractivity contribution >= 4 is 33.1 Å². The summed E-state index contributed by atoms with van der Waals surface area (Å²) < 4.78 is 49.0. The third kappa shape index (κ3) is 4.58. The monoisotopic (exact) mass is 707 g/mol. The molecular formula is C37H28F3N7O3S. The molecule has 8 heterocycles. The first-order valence-corrected chi connectivity index (χ1v) is 17.6. The van der Waals surface area contributed by atoms with Gasteiger partial charge in [0.2, 0.25) is 0 Å². The Bertz CT molecular complexity index is 2490. The molecule has 1 amide bonds. The molecule has 1 atom stereocenters. The van der Waals surface area contributed by atoms with Gasteiger partial charge in [0.25, 0.3) is 5.91 Å². The zero-order valence-electron chi connectivity index (χ0n) is 26.9. The van der Waals surface area contributed by atoms with Crippen LogP contribution in [0.4, 0.5) is 19.0 Å². The summed E-state index contributed by atoms with van der Waals surface area (Å²) in [7, 11) is 0. The Kier molecular flexibility index (Phi) is 6.54. The van der Waals surface area contributed by atoms with Crippen LogP contribution in [0.3, 0.4) is 0 Å². The van der Waals surface area contributed by atoms with Crippen LogP contribution in [0.15, 0.2) is 59.5 Å². The van der Waals surface area contributed by atoms with E-state index in [4.69, 9.17) is 9.72 Å². The van der Waals surface area contributed by atoms with Crippen LogP contribution >= 0.6 is 11.3 Å². The van der Waals surface area contributed by atoms with Crippen LogP contribution in [-0.2, 0) is 18.4 Å². The van der Waals surface area contributed by atoms with Crippen molar-refractivity contribution in [3.63, 3.8) is 0 Å². The number of H-pyrrole nitrogens is 2. The predicted molar refractivity (Wildman–Crippen MR) is 183 cm³/mol. The van der Waals surface area contributed by atoms with Gasteiger partial charge >= 0.3 is 5.69 Å². The van der Waals surface area contributed by atoms with Gasteiger partial charge in [0.1, 0.15) is 17.5 Å². The van der Waals surface area contributed by atoms with Crippen molar-refractivity contribution in [1.82, 2.24) is 30.0 Å². The van der Waals surface area contributed by atoms with E-state index in [1.807, 2.05) is 17.0 Å². The number of nitrogens with one attached hydrogen (secondary N) is 3. The highest BCUT2D eigenvalue weighted by Gasteiger charge is 2.65. The molecule has 4 aromatic heterocycles. The first-order valence-electron chi connectivity index (χ1n) is 16.8. The maximum Gasteiger partial charge on any atom is 0.340 e. The lowest BCUT2D eigenvalue weighted by molar-refractivity contribution is 0.0637. The summed E-state index contributed by atoms with van der Waals surface area (Å²) in [6.45, 7) is 0.918. The van der Waals surface area contributed by atoms with Gasteiger partial charge in [-0.2, -0.15) is 5.10 Å². The molecule has 11 rings (SSSR count). The topological polar surface area (TPSA) is 129 Å². The zero-order chi connectivity index (χ0) is 34.6. The van der Waals surface area contributed by atoms with Gasteiger partial charge in [-0.3, -0.25) is 14.8 Å². The average Bonchev–Trinajstić information content (AvgIpc) is 3.92. The second-order valence-corrected chi connectivity index (χ2v) is 14.8. The van der Waals surface area contributed by atoms with Gasteiger partial charge < -0.3 is 15.0 Å². The summed E-state index contributed by atoms with van der Waals surface area (Å²) in [5.41, 5.74) is 3.47. The van der Waals surface area contributed by atoms with E-state index >= 15 is 0 Å². The molecule has 1 spiro atoms. The molecule has 2 saturated heterocycles. The SMILES string of the molecule is O=C1c2c(nc(CCc3ccc(F)cc3)c(-c3n[nH]c(=O)[nH]3)c2-c2cc3ccnc(N[C@@H]4CCOc5c(F)cc(F)cc54)c3s2)C23CC(CN12)C3. The van der Waals surface area contributed by atoms with E-state index in [2.05, 4.69) is 25.5 Å². The fraction of sp³-hybridized carbons (Fsp3) is 0.270. The van der Waals surface area contributed by atoms with Crippen molar-refractivity contribution in [2.75, 3.05) is 18.5 Å². The molecule has 2 aromatic carbocycles. The molecule has 4 aliphatic heterocycles. The Balaban J connectivity index is 1.15. The van der Waals surface area contributed by atoms with E-state index in [-0.39, 0.29) is 29.9 Å². The van der Waals surface area contributed by atoms with E-state index < -0.39 is 28.9 Å². The van der Waals surface area contributed by atoms with Crippen LogP contribution in [0, 0.1) is 23.4 Å². The number of hydrogen-bond donors (Lipinski definition) is 3. The number of rotatable bonds is 7. The molecule has 3 N–H and O–H groups in total. The van der Waals surface area contributed by atoms with Crippen LogP contribution < -0.4 is 15.7 Å². The second-order valence-electron chi connectivity index (χ2n) is 13.7. The number of carbonyl (C=O) groups excluding carboxylic acids is 1. The highest BCUT2D eigenvalue weighted by atomic mass is 32.1. The smallest absolute Gasteiger partial charge is 0.340 e. The van der Waals surface area contributed by atoms with Crippen LogP contribution in [0.2, 0.25) is 0 Å². The Morgan fingerprint density at radius 1 is 1.00 bits per heavy atom. The molecule has 0 unspecified atom stereocenters. The largest absolute Gasteiger partial charge is 0.490 e. The molecular weight excluding hydrogens is 680 g/mol. The van der Waals surface area contributed by atoms with Crippen molar-refractivity contribution in [2.24, 2.45) is 5.92 Å². The third-order valence-electron chi connectivity index (χ3n) is 10.7. The number of fused-ring (bicyclic) bond motifs is 3. The number of nitrogens with zero attached hydrogens (tertiary/aromatic N) is 4. The highest BCUT2D eigenvalue weighted by molar-refractivity contribution is 7.23. The Morgan fingerprint density at radius 2 is 1.84 bits per heavy atom. The fourth-order valence-corrected chi connectivity index (χ4v) is 9.67. The first-order chi connectivity index (χ1) is 24.8. The summed E-state index contributed by atoms with van der Waals surface area (Å²) >= 11 is 1.43. The van der Waals surface area contributed by atoms with E-state index in [9.17, 15) is 22.8 Å². The quantitative estimate of drug-likeness (QED) is 0.170. The molecule has 2 bridgehead atoms. The minimum atomic E-state index is -0.755. The molecule has 6 aromatic rings. The summed E-state index contributed by atoms with van der Waals surface area (Å²) in [6.07, 6.45) is 4.82. The van der Waals surface area contributed by atoms with E-state index in [1.54, 1.807) is 18.3 Å². The van der Waals surface area contributed by atoms with E-state index in [1.165, 1.54) is 29.5 Å². The third-order valence-corrected chi connectivity index (χ3v) is 11.9. The number of thiophene rings is 1. The number of anilines is 1. The number of carbonyl (C=O) groups is 1. The maximum atomic E-state index is 14.6. The number of hydrogen-bond acceptors (Lipinski definition) is 8. The Morgan fingerprint density at radius 3 is 2.65 bits per heavy atom. The lowest BCUT2D eigenvalue weighted by Gasteiger charge is -2.37. The van der Waals surface area contributed by atoms with Gasteiger partial charge in [-0.15, -0.1) is 11.3 Å². The minimum Gasteiger partial charge on any atom is -0.490 e. The molecule has 1 aliphatic carbocycles. The second kappa shape index (κ2) is 11.0. The van der Waals surface area contributed by atoms with Gasteiger partial charge in [-0.25, -0.2) is 28.0 Å². The minimum absolute atomic E-state index is 0.0222. The summed E-state index contributed by atoms with van der Waals surface area (Å²) in [5.74, 6) is -0.606. The summed E-state index contributed by atoms with van der Waals surface area (Å²) in [5, 5.41) is 11.1. The fourth-order valence-electron chi connectivity index (χ4n) is 8.51. The van der Waals surface area contributed by atoms with Crippen LogP contribution in [-0.4, -0.2) is 49.1 Å². The van der Waals surface area contributed by atoms with Crippen LogP contribution in [0.25, 0.3) is 31.9 Å². The number of aromatic amines is 2. The normalized spacial score (nSPS) is 21.3. The molecule has 51 heavy (non-hydrogen) atoms. The van der Waals surface area contributed by atoms with Crippen LogP contribution in [0.1, 0.15) is 58.2 Å². The van der Waals surface area contributed by atoms with Crippen LogP contribution in [0.5, 0.6) is 5.75 Å². The number of pyridine rings is 2. The van der Waals surface area contributed by atoms with Crippen molar-refractivity contribution in [2.45, 2.75) is 43.7 Å². The maximum absolute atomic E-state index is 14.6. The standard InChI is InChI=1S/C37H28F3N7O3S/c38-20-4-1-17(2-5-20)3-6-25-27(33-44-36(49)46-45-33)28(29-32(42-25)37-14-18(15-37)16-47(37)35(29)48)26-11-19-7-9-41-34(31(19)51-26)43-24-8-10-50-30-22(24)12-21(39)13-23(30)40/h1-2,4-5,7,9,11-13,18,24H,3,6,8,10,14-16H2,(H,41,43)(H2,44,45,46,49)/t18?,24-,37?/m1/s1. The van der Waals surface area contributed by atoms with Crippen molar-refractivity contribution < 1.29 is 22.7 Å². The lowest BCUT2D eigenvalue weighted by Crippen LogP contribution is -2.40.